The van der Waals surface area contributed by atoms with Crippen LogP contribution in [0.5, 0.6) is 0 Å². The molecule has 0 bridgehead atoms. The number of rotatable bonds is 7. The second kappa shape index (κ2) is 6.83. The number of para-hydroxylation sites is 1. The number of carbonyl (C=O) groups excluding carboxylic acids is 1. The number of carbonyl (C=O) groups is 1. The van der Waals surface area contributed by atoms with Crippen molar-refractivity contribution in [2.24, 2.45) is 5.92 Å². The van der Waals surface area contributed by atoms with E-state index in [0.29, 0.717) is 18.4 Å². The minimum Gasteiger partial charge on any atom is -0.464 e. The predicted octanol–water partition coefficient (Wildman–Crippen LogP) is 4.35. The lowest BCUT2D eigenvalue weighted by molar-refractivity contribution is -0.118. The number of fused-ring (bicyclic) bond motifs is 1. The third-order valence-corrected chi connectivity index (χ3v) is 6.38. The van der Waals surface area contributed by atoms with Gasteiger partial charge in [0.2, 0.25) is 5.91 Å². The first kappa shape index (κ1) is 17.1. The highest BCUT2D eigenvalue weighted by atomic mass is 16.3. The maximum Gasteiger partial charge on any atom is 0.228 e. The normalized spacial score (nSPS) is 23.7. The molecule has 0 spiro atoms. The van der Waals surface area contributed by atoms with Crippen LogP contribution < -0.4 is 4.90 Å². The predicted molar refractivity (Wildman–Crippen MR) is 106 cm³/mol. The van der Waals surface area contributed by atoms with Crippen molar-refractivity contribution >= 4 is 11.6 Å². The molecule has 2 fully saturated rings. The molecule has 0 unspecified atom stereocenters. The minimum atomic E-state index is 0.248. The van der Waals surface area contributed by atoms with E-state index in [1.807, 2.05) is 11.0 Å². The average Bonchev–Trinajstić information content (AvgIpc) is 3.56. The Balaban J connectivity index is 1.20. The smallest absolute Gasteiger partial charge is 0.228 e. The molecular formula is C23H28N2O2. The lowest BCUT2D eigenvalue weighted by atomic mass is 10.2. The zero-order chi connectivity index (χ0) is 18.4. The molecule has 2 aliphatic carbocycles. The first-order valence-electron chi connectivity index (χ1n) is 10.4. The van der Waals surface area contributed by atoms with Gasteiger partial charge in [0.15, 0.2) is 0 Å². The van der Waals surface area contributed by atoms with Gasteiger partial charge in [-0.2, -0.15) is 0 Å². The molecule has 0 saturated heterocycles. The molecule has 1 amide bonds. The molecule has 142 valence electrons. The Morgan fingerprint density at radius 3 is 2.81 bits per heavy atom. The van der Waals surface area contributed by atoms with Gasteiger partial charge in [-0.25, -0.2) is 0 Å². The van der Waals surface area contributed by atoms with Crippen molar-refractivity contribution in [3.63, 3.8) is 0 Å². The van der Waals surface area contributed by atoms with Gasteiger partial charge in [-0.1, -0.05) is 25.1 Å². The Hall–Kier alpha value is -2.07. The number of anilines is 1. The molecule has 1 aromatic heterocycles. The van der Waals surface area contributed by atoms with Gasteiger partial charge in [0, 0.05) is 37.2 Å². The molecule has 4 nitrogen and oxygen atoms in total. The van der Waals surface area contributed by atoms with Crippen LogP contribution in [0.15, 0.2) is 40.8 Å². The fourth-order valence-electron chi connectivity index (χ4n) is 4.40. The van der Waals surface area contributed by atoms with Gasteiger partial charge >= 0.3 is 0 Å². The summed E-state index contributed by atoms with van der Waals surface area (Å²) in [6, 6.07) is 13.2. The Kier molecular flexibility index (Phi) is 4.31. The molecule has 1 aliphatic heterocycles. The summed E-state index contributed by atoms with van der Waals surface area (Å²) in [5.41, 5.74) is 2.40. The van der Waals surface area contributed by atoms with Crippen LogP contribution in [0.1, 0.15) is 55.6 Å². The van der Waals surface area contributed by atoms with Crippen LogP contribution in [0.25, 0.3) is 0 Å². The zero-order valence-corrected chi connectivity index (χ0v) is 16.1. The van der Waals surface area contributed by atoms with Crippen LogP contribution in [-0.4, -0.2) is 29.9 Å². The summed E-state index contributed by atoms with van der Waals surface area (Å²) < 4.78 is 6.10. The molecule has 27 heavy (non-hydrogen) atoms. The first-order chi connectivity index (χ1) is 13.2. The maximum absolute atomic E-state index is 12.8. The second-order valence-electron chi connectivity index (χ2n) is 8.50. The van der Waals surface area contributed by atoms with E-state index in [0.717, 1.165) is 49.2 Å². The molecule has 0 N–H and O–H groups in total. The van der Waals surface area contributed by atoms with Crippen LogP contribution >= 0.6 is 0 Å². The summed E-state index contributed by atoms with van der Waals surface area (Å²) in [4.78, 5) is 17.2. The van der Waals surface area contributed by atoms with Gasteiger partial charge in [-0.05, 0) is 55.4 Å². The number of amides is 1. The highest BCUT2D eigenvalue weighted by Crippen LogP contribution is 2.47. The van der Waals surface area contributed by atoms with E-state index in [2.05, 4.69) is 42.2 Å². The van der Waals surface area contributed by atoms with E-state index >= 15 is 0 Å². The summed E-state index contributed by atoms with van der Waals surface area (Å²) in [6.07, 6.45) is 5.30. The number of hydrogen-bond donors (Lipinski definition) is 0. The Morgan fingerprint density at radius 2 is 2.04 bits per heavy atom. The van der Waals surface area contributed by atoms with Gasteiger partial charge in [0.25, 0.3) is 0 Å². The Morgan fingerprint density at radius 1 is 1.22 bits per heavy atom. The molecule has 2 heterocycles. The van der Waals surface area contributed by atoms with Crippen molar-refractivity contribution in [1.29, 1.82) is 0 Å². The van der Waals surface area contributed by atoms with Gasteiger partial charge in [-0.15, -0.1) is 0 Å². The van der Waals surface area contributed by atoms with Crippen LogP contribution in [0.3, 0.4) is 0 Å². The van der Waals surface area contributed by atoms with Gasteiger partial charge in [-0.3, -0.25) is 9.69 Å². The second-order valence-corrected chi connectivity index (χ2v) is 8.50. The fraction of sp³-hybridized carbons (Fsp3) is 0.522. The SMILES string of the molecule is C[C@H]1C[C@@H]1c1ccc(CN(CCC(=O)N2CCc3ccccc32)C2CC2)o1. The lowest BCUT2D eigenvalue weighted by Crippen LogP contribution is -2.34. The van der Waals surface area contributed by atoms with Gasteiger partial charge < -0.3 is 9.32 Å². The standard InChI is InChI=1S/C23H28N2O2/c1-16-14-20(16)22-9-8-19(27-22)15-24(18-6-7-18)12-11-23(26)25-13-10-17-4-2-3-5-21(17)25/h2-5,8-9,16,18,20H,6-7,10-15H2,1H3/t16-,20-/m0/s1. The van der Waals surface area contributed by atoms with Crippen LogP contribution in [0.2, 0.25) is 0 Å². The topological polar surface area (TPSA) is 36.7 Å². The summed E-state index contributed by atoms with van der Waals surface area (Å²) in [6.45, 7) is 4.75. The average molecular weight is 364 g/mol. The monoisotopic (exact) mass is 364 g/mol. The van der Waals surface area contributed by atoms with Crippen LogP contribution in [-0.2, 0) is 17.8 Å². The van der Waals surface area contributed by atoms with Crippen LogP contribution in [0, 0.1) is 5.92 Å². The van der Waals surface area contributed by atoms with Crippen molar-refractivity contribution < 1.29 is 9.21 Å². The van der Waals surface area contributed by atoms with E-state index in [4.69, 9.17) is 4.42 Å². The molecule has 5 rings (SSSR count). The number of hydrogen-bond acceptors (Lipinski definition) is 3. The van der Waals surface area contributed by atoms with E-state index in [1.54, 1.807) is 0 Å². The molecule has 2 aromatic rings. The molecule has 2 atom stereocenters. The third kappa shape index (κ3) is 3.55. The Bertz CT molecular complexity index is 838. The number of benzene rings is 1. The molecule has 2 saturated carbocycles. The minimum absolute atomic E-state index is 0.248. The van der Waals surface area contributed by atoms with E-state index in [9.17, 15) is 4.79 Å². The largest absolute Gasteiger partial charge is 0.464 e. The molecule has 0 radical (unpaired) electrons. The van der Waals surface area contributed by atoms with Gasteiger partial charge in [0.05, 0.1) is 6.54 Å². The Labute approximate surface area is 161 Å². The summed E-state index contributed by atoms with van der Waals surface area (Å²) >= 11 is 0. The molecule has 1 aromatic carbocycles. The fourth-order valence-corrected chi connectivity index (χ4v) is 4.40. The van der Waals surface area contributed by atoms with E-state index in [1.165, 1.54) is 24.8 Å². The summed E-state index contributed by atoms with van der Waals surface area (Å²) in [7, 11) is 0. The molecule has 4 heteroatoms. The maximum atomic E-state index is 12.8. The third-order valence-electron chi connectivity index (χ3n) is 6.38. The quantitative estimate of drug-likeness (QED) is 0.733. The molecule has 3 aliphatic rings. The number of furan rings is 1. The summed E-state index contributed by atoms with van der Waals surface area (Å²) in [5.74, 6) is 3.85. The summed E-state index contributed by atoms with van der Waals surface area (Å²) in [5, 5.41) is 0. The lowest BCUT2D eigenvalue weighted by Gasteiger charge is -2.23. The van der Waals surface area contributed by atoms with Crippen molar-refractivity contribution in [3.8, 4) is 0 Å². The van der Waals surface area contributed by atoms with Gasteiger partial charge in [0.1, 0.15) is 11.5 Å². The highest BCUT2D eigenvalue weighted by molar-refractivity contribution is 5.95. The van der Waals surface area contributed by atoms with Crippen molar-refractivity contribution in [2.75, 3.05) is 18.0 Å². The van der Waals surface area contributed by atoms with E-state index in [-0.39, 0.29) is 5.91 Å². The van der Waals surface area contributed by atoms with Crippen molar-refractivity contribution in [3.05, 3.63) is 53.5 Å². The number of nitrogens with zero attached hydrogens (tertiary/aromatic N) is 2. The van der Waals surface area contributed by atoms with Crippen LogP contribution in [0.4, 0.5) is 5.69 Å². The van der Waals surface area contributed by atoms with E-state index < -0.39 is 0 Å². The van der Waals surface area contributed by atoms with Crippen molar-refractivity contribution in [2.45, 2.75) is 57.5 Å². The molecular weight excluding hydrogens is 336 g/mol. The highest BCUT2D eigenvalue weighted by Gasteiger charge is 2.37. The first-order valence-corrected chi connectivity index (χ1v) is 10.4. The zero-order valence-electron chi connectivity index (χ0n) is 16.1. The van der Waals surface area contributed by atoms with Crippen molar-refractivity contribution in [1.82, 2.24) is 4.90 Å².